The van der Waals surface area contributed by atoms with Gasteiger partial charge in [0, 0.05) is 11.3 Å². The van der Waals surface area contributed by atoms with Crippen molar-refractivity contribution in [2.75, 3.05) is 25.2 Å². The number of carbonyl (C=O) groups is 1. The predicted molar refractivity (Wildman–Crippen MR) is 89.2 cm³/mol. The maximum Gasteiger partial charge on any atom is 0.238 e. The van der Waals surface area contributed by atoms with E-state index < -0.39 is 0 Å². The van der Waals surface area contributed by atoms with Gasteiger partial charge in [-0.25, -0.2) is 0 Å². The van der Waals surface area contributed by atoms with Crippen LogP contribution in [0.3, 0.4) is 0 Å². The van der Waals surface area contributed by atoms with Gasteiger partial charge in [0.05, 0.1) is 19.3 Å². The number of nitrogens with one attached hydrogen (secondary N) is 2. The molecule has 1 aromatic carbocycles. The van der Waals surface area contributed by atoms with Gasteiger partial charge in [0.25, 0.3) is 0 Å². The first-order valence-electron chi connectivity index (χ1n) is 7.42. The Labute approximate surface area is 131 Å². The molecule has 0 aliphatic heterocycles. The molecule has 2 atom stereocenters. The van der Waals surface area contributed by atoms with Gasteiger partial charge in [-0.15, -0.1) is 0 Å². The summed E-state index contributed by atoms with van der Waals surface area (Å²) in [4.78, 5) is 12.0. The molecule has 0 bridgehead atoms. The second-order valence-electron chi connectivity index (χ2n) is 5.35. The molecule has 5 heteroatoms. The molecule has 0 aromatic heterocycles. The number of ether oxygens (including phenoxy) is 1. The SMILES string of the molecule is COc1ccccc1NC(=O)CNC1CCCC(SC)C1. The summed E-state index contributed by atoms with van der Waals surface area (Å²) in [5.74, 6) is 0.664. The smallest absolute Gasteiger partial charge is 0.238 e. The van der Waals surface area contributed by atoms with Gasteiger partial charge in [-0.1, -0.05) is 18.6 Å². The van der Waals surface area contributed by atoms with Gasteiger partial charge in [0.15, 0.2) is 0 Å². The van der Waals surface area contributed by atoms with Crippen molar-refractivity contribution in [3.05, 3.63) is 24.3 Å². The van der Waals surface area contributed by atoms with Crippen LogP contribution in [0.1, 0.15) is 25.7 Å². The summed E-state index contributed by atoms with van der Waals surface area (Å²) in [5, 5.41) is 7.00. The third-order valence-electron chi connectivity index (χ3n) is 3.89. The number of anilines is 1. The Bertz CT molecular complexity index is 467. The quantitative estimate of drug-likeness (QED) is 0.848. The van der Waals surface area contributed by atoms with Crippen molar-refractivity contribution in [1.29, 1.82) is 0 Å². The zero-order valence-electron chi connectivity index (χ0n) is 12.7. The minimum Gasteiger partial charge on any atom is -0.495 e. The van der Waals surface area contributed by atoms with Crippen LogP contribution in [0.5, 0.6) is 5.75 Å². The Kier molecular flexibility index (Phi) is 6.39. The molecule has 2 unspecified atom stereocenters. The minimum absolute atomic E-state index is 0.0224. The number of carbonyl (C=O) groups excluding carboxylic acids is 1. The molecular weight excluding hydrogens is 284 g/mol. The molecule has 21 heavy (non-hydrogen) atoms. The van der Waals surface area contributed by atoms with Gasteiger partial charge in [-0.3, -0.25) is 4.79 Å². The maximum absolute atomic E-state index is 12.0. The zero-order chi connectivity index (χ0) is 15.1. The number of hydrogen-bond acceptors (Lipinski definition) is 4. The van der Waals surface area contributed by atoms with E-state index in [9.17, 15) is 4.79 Å². The monoisotopic (exact) mass is 308 g/mol. The summed E-state index contributed by atoms with van der Waals surface area (Å²) in [7, 11) is 1.60. The molecule has 2 N–H and O–H groups in total. The first-order chi connectivity index (χ1) is 10.2. The van der Waals surface area contributed by atoms with E-state index in [1.54, 1.807) is 7.11 Å². The van der Waals surface area contributed by atoms with Crippen molar-refractivity contribution in [2.24, 2.45) is 0 Å². The number of methoxy groups -OCH3 is 1. The van der Waals surface area contributed by atoms with Gasteiger partial charge in [0.1, 0.15) is 5.75 Å². The third-order valence-corrected chi connectivity index (χ3v) is 4.99. The third kappa shape index (κ3) is 4.93. The van der Waals surface area contributed by atoms with Crippen molar-refractivity contribution >= 4 is 23.4 Å². The van der Waals surface area contributed by atoms with Gasteiger partial charge in [-0.05, 0) is 37.7 Å². The average Bonchev–Trinajstić information content (AvgIpc) is 2.53. The predicted octanol–water partition coefficient (Wildman–Crippen LogP) is 2.90. The van der Waals surface area contributed by atoms with Crippen LogP contribution in [0.15, 0.2) is 24.3 Å². The Morgan fingerprint density at radius 1 is 1.38 bits per heavy atom. The molecule has 1 fully saturated rings. The van der Waals surface area contributed by atoms with E-state index in [2.05, 4.69) is 16.9 Å². The number of hydrogen-bond donors (Lipinski definition) is 2. The molecule has 1 aliphatic carbocycles. The lowest BCUT2D eigenvalue weighted by Crippen LogP contribution is -2.39. The van der Waals surface area contributed by atoms with E-state index in [0.717, 1.165) is 17.4 Å². The molecule has 0 saturated heterocycles. The van der Waals surface area contributed by atoms with Crippen molar-refractivity contribution < 1.29 is 9.53 Å². The highest BCUT2D eigenvalue weighted by Gasteiger charge is 2.21. The minimum atomic E-state index is -0.0224. The lowest BCUT2D eigenvalue weighted by Gasteiger charge is -2.28. The topological polar surface area (TPSA) is 50.4 Å². The number of rotatable bonds is 6. The van der Waals surface area contributed by atoms with Gasteiger partial charge >= 0.3 is 0 Å². The van der Waals surface area contributed by atoms with Crippen LogP contribution in [0, 0.1) is 0 Å². The first kappa shape index (κ1) is 16.2. The summed E-state index contributed by atoms with van der Waals surface area (Å²) in [5.41, 5.74) is 0.720. The molecule has 0 radical (unpaired) electrons. The Hall–Kier alpha value is -1.20. The molecule has 4 nitrogen and oxygen atoms in total. The van der Waals surface area contributed by atoms with Crippen LogP contribution < -0.4 is 15.4 Å². The highest BCUT2D eigenvalue weighted by molar-refractivity contribution is 7.99. The Balaban J connectivity index is 1.79. The van der Waals surface area contributed by atoms with Gasteiger partial charge in [-0.2, -0.15) is 11.8 Å². The van der Waals surface area contributed by atoms with Gasteiger partial charge < -0.3 is 15.4 Å². The number of para-hydroxylation sites is 2. The highest BCUT2D eigenvalue weighted by Crippen LogP contribution is 2.27. The maximum atomic E-state index is 12.0. The Morgan fingerprint density at radius 3 is 2.95 bits per heavy atom. The summed E-state index contributed by atoms with van der Waals surface area (Å²) in [6.45, 7) is 0.351. The molecule has 2 rings (SSSR count). The van der Waals surface area contributed by atoms with Crippen molar-refractivity contribution in [2.45, 2.75) is 37.0 Å². The van der Waals surface area contributed by atoms with E-state index in [1.165, 1.54) is 19.3 Å². The number of benzene rings is 1. The lowest BCUT2D eigenvalue weighted by molar-refractivity contribution is -0.115. The molecule has 0 heterocycles. The molecule has 116 valence electrons. The average molecular weight is 308 g/mol. The van der Waals surface area contributed by atoms with Crippen molar-refractivity contribution in [3.8, 4) is 5.75 Å². The van der Waals surface area contributed by atoms with Crippen LogP contribution in [-0.2, 0) is 4.79 Å². The van der Waals surface area contributed by atoms with E-state index in [4.69, 9.17) is 4.74 Å². The zero-order valence-corrected chi connectivity index (χ0v) is 13.5. The van der Waals surface area contributed by atoms with E-state index in [1.807, 2.05) is 36.0 Å². The largest absolute Gasteiger partial charge is 0.495 e. The van der Waals surface area contributed by atoms with Crippen LogP contribution in [0.2, 0.25) is 0 Å². The summed E-state index contributed by atoms with van der Waals surface area (Å²) in [6, 6.07) is 7.92. The van der Waals surface area contributed by atoms with E-state index in [-0.39, 0.29) is 5.91 Å². The summed E-state index contributed by atoms with van der Waals surface area (Å²) < 4.78 is 5.23. The lowest BCUT2D eigenvalue weighted by atomic mass is 9.95. The van der Waals surface area contributed by atoms with E-state index >= 15 is 0 Å². The number of thioether (sulfide) groups is 1. The van der Waals surface area contributed by atoms with Crippen LogP contribution in [0.25, 0.3) is 0 Å². The standard InChI is InChI=1S/C16H24N2O2S/c1-20-15-9-4-3-8-14(15)18-16(19)11-17-12-6-5-7-13(10-12)21-2/h3-4,8-9,12-13,17H,5-7,10-11H2,1-2H3,(H,18,19). The molecule has 1 amide bonds. The van der Waals surface area contributed by atoms with Gasteiger partial charge in [0.2, 0.25) is 5.91 Å². The second-order valence-corrected chi connectivity index (χ2v) is 6.49. The van der Waals surface area contributed by atoms with Crippen molar-refractivity contribution in [3.63, 3.8) is 0 Å². The van der Waals surface area contributed by atoms with E-state index in [0.29, 0.717) is 18.3 Å². The number of amides is 1. The fraction of sp³-hybridized carbons (Fsp3) is 0.562. The summed E-state index contributed by atoms with van der Waals surface area (Å²) >= 11 is 1.93. The fourth-order valence-electron chi connectivity index (χ4n) is 2.72. The van der Waals surface area contributed by atoms with Crippen molar-refractivity contribution in [1.82, 2.24) is 5.32 Å². The molecule has 1 saturated carbocycles. The molecule has 1 aromatic rings. The fourth-order valence-corrected chi connectivity index (χ4v) is 3.55. The van der Waals surface area contributed by atoms with Crippen LogP contribution in [0.4, 0.5) is 5.69 Å². The molecular formula is C16H24N2O2S. The van der Waals surface area contributed by atoms with Crippen LogP contribution in [-0.4, -0.2) is 37.1 Å². The molecule has 0 spiro atoms. The highest BCUT2D eigenvalue weighted by atomic mass is 32.2. The second kappa shape index (κ2) is 8.29. The molecule has 1 aliphatic rings. The normalized spacial score (nSPS) is 21.8. The first-order valence-corrected chi connectivity index (χ1v) is 8.70. The van der Waals surface area contributed by atoms with Crippen LogP contribution >= 0.6 is 11.8 Å². The Morgan fingerprint density at radius 2 is 2.19 bits per heavy atom. The summed E-state index contributed by atoms with van der Waals surface area (Å²) in [6.07, 6.45) is 7.04.